The largest absolute Gasteiger partial charge is 0.772 e. The zero-order chi connectivity index (χ0) is 20.8. The molecule has 0 radical (unpaired) electrons. The molecule has 0 fully saturated rings. The number of nitrogens with zero attached hydrogens (tertiary/aromatic N) is 1. The van der Waals surface area contributed by atoms with Crippen molar-refractivity contribution in [2.24, 2.45) is 0 Å². The molecule has 6 nitrogen and oxygen atoms in total. The summed E-state index contributed by atoms with van der Waals surface area (Å²) >= 11 is -0.622. The van der Waals surface area contributed by atoms with Crippen molar-refractivity contribution in [2.45, 2.75) is 31.9 Å². The second kappa shape index (κ2) is 9.78. The normalized spacial score (nSPS) is 11.9. The number of hydrogen-bond acceptors (Lipinski definition) is 6. The minimum Gasteiger partial charge on any atom is -0.772 e. The summed E-state index contributed by atoms with van der Waals surface area (Å²) in [5.41, 5.74) is 10.4. The first-order valence-electron chi connectivity index (χ1n) is 9.13. The fraction of sp³-hybridized carbons (Fsp3) is 0.238. The number of carbonyl (C=O) groups is 1. The first-order valence-corrected chi connectivity index (χ1v) is 11.2. The minimum atomic E-state index is -2.10. The van der Waals surface area contributed by atoms with Gasteiger partial charge in [-0.15, -0.1) is 11.3 Å². The van der Waals surface area contributed by atoms with Crippen LogP contribution in [0.25, 0.3) is 0 Å². The highest BCUT2D eigenvalue weighted by Gasteiger charge is 2.13. The van der Waals surface area contributed by atoms with Gasteiger partial charge in [0.2, 0.25) is 5.91 Å². The number of hydrogen-bond donors (Lipinski definition) is 2. The highest BCUT2D eigenvalue weighted by molar-refractivity contribution is 7.78. The van der Waals surface area contributed by atoms with E-state index >= 15 is 0 Å². The smallest absolute Gasteiger partial charge is 0.223 e. The Balaban J connectivity index is 1.76. The van der Waals surface area contributed by atoms with Crippen LogP contribution in [0, 0.1) is 0 Å². The molecule has 1 amide bonds. The molecule has 3 rings (SSSR count). The van der Waals surface area contributed by atoms with Crippen molar-refractivity contribution in [2.75, 3.05) is 11.1 Å². The number of nitrogen functional groups attached to an aromatic ring is 1. The second-order valence-electron chi connectivity index (χ2n) is 6.75. The molecule has 2 aromatic carbocycles. The molecule has 0 saturated carbocycles. The van der Waals surface area contributed by atoms with E-state index in [1.54, 1.807) is 0 Å². The maximum atomic E-state index is 11.4. The van der Waals surface area contributed by atoms with Crippen LogP contribution in [-0.2, 0) is 40.9 Å². The Morgan fingerprint density at radius 2 is 1.69 bits per heavy atom. The first kappa shape index (κ1) is 21.2. The minimum absolute atomic E-state index is 0.0142. The lowest BCUT2D eigenvalue weighted by Crippen LogP contribution is -2.05. The van der Waals surface area contributed by atoms with Gasteiger partial charge >= 0.3 is 0 Å². The fourth-order valence-electron chi connectivity index (χ4n) is 2.94. The van der Waals surface area contributed by atoms with E-state index < -0.39 is 11.1 Å². The third kappa shape index (κ3) is 6.49. The second-order valence-corrected chi connectivity index (χ2v) is 8.73. The zero-order valence-corrected chi connectivity index (χ0v) is 17.6. The molecule has 1 unspecified atom stereocenters. The molecule has 152 valence electrons. The van der Waals surface area contributed by atoms with Crippen molar-refractivity contribution in [3.63, 3.8) is 0 Å². The van der Waals surface area contributed by atoms with Gasteiger partial charge < -0.3 is 15.6 Å². The number of carbonyl (C=O) groups excluding carboxylic acids is 1. The molecule has 0 bridgehead atoms. The van der Waals surface area contributed by atoms with Gasteiger partial charge in [0.05, 0.1) is 5.69 Å². The maximum absolute atomic E-state index is 11.4. The van der Waals surface area contributed by atoms with Crippen molar-refractivity contribution >= 4 is 39.1 Å². The molecule has 0 aliphatic rings. The van der Waals surface area contributed by atoms with Crippen LogP contribution in [0.4, 0.5) is 10.8 Å². The predicted molar refractivity (Wildman–Crippen MR) is 117 cm³/mol. The van der Waals surface area contributed by atoms with Gasteiger partial charge in [-0.3, -0.25) is 9.00 Å². The number of nitrogens with two attached hydrogens (primary N) is 1. The Morgan fingerprint density at radius 1 is 1.07 bits per heavy atom. The van der Waals surface area contributed by atoms with E-state index in [0.717, 1.165) is 40.2 Å². The summed E-state index contributed by atoms with van der Waals surface area (Å²) in [6.07, 6.45) is 2.25. The first-order chi connectivity index (χ1) is 13.9. The van der Waals surface area contributed by atoms with Crippen molar-refractivity contribution < 1.29 is 13.6 Å². The molecule has 8 heteroatoms. The SMILES string of the molecule is CC(=O)Nc1nc(CCc2ccc(N)cc2)c(Cc2ccc(CS(=O)[O-])cc2)s1. The number of aryl methyl sites for hydroxylation is 2. The van der Waals surface area contributed by atoms with Gasteiger partial charge in [0.1, 0.15) is 0 Å². The Hall–Kier alpha value is -2.55. The summed E-state index contributed by atoms with van der Waals surface area (Å²) in [5.74, 6) is -0.134. The quantitative estimate of drug-likeness (QED) is 0.422. The van der Waals surface area contributed by atoms with Gasteiger partial charge in [0.25, 0.3) is 0 Å². The molecule has 0 saturated heterocycles. The lowest BCUT2D eigenvalue weighted by atomic mass is 10.0. The van der Waals surface area contributed by atoms with Crippen LogP contribution in [0.15, 0.2) is 48.5 Å². The van der Waals surface area contributed by atoms with Gasteiger partial charge in [-0.2, -0.15) is 0 Å². The third-order valence-electron chi connectivity index (χ3n) is 4.36. The van der Waals surface area contributed by atoms with Crippen LogP contribution in [-0.4, -0.2) is 19.7 Å². The predicted octanol–water partition coefficient (Wildman–Crippen LogP) is 3.44. The molecule has 29 heavy (non-hydrogen) atoms. The van der Waals surface area contributed by atoms with Crippen LogP contribution in [0.2, 0.25) is 0 Å². The Labute approximate surface area is 176 Å². The zero-order valence-electron chi connectivity index (χ0n) is 16.0. The molecule has 3 aromatic rings. The van der Waals surface area contributed by atoms with E-state index in [2.05, 4.69) is 10.3 Å². The van der Waals surface area contributed by atoms with Crippen LogP contribution in [0.1, 0.15) is 34.2 Å². The number of benzene rings is 2. The number of nitrogens with one attached hydrogen (secondary N) is 1. The topological polar surface area (TPSA) is 108 Å². The van der Waals surface area contributed by atoms with Gasteiger partial charge in [0, 0.05) is 29.7 Å². The van der Waals surface area contributed by atoms with Crippen LogP contribution < -0.4 is 11.1 Å². The number of thiazole rings is 1. The monoisotopic (exact) mass is 428 g/mol. The lowest BCUT2D eigenvalue weighted by Gasteiger charge is -2.07. The molecule has 0 spiro atoms. The molecule has 1 heterocycles. The standard InChI is InChI=1S/C21H23N3O3S2/c1-14(25)23-21-24-19(11-8-15-6-9-18(22)10-7-15)20(28-21)12-16-2-4-17(5-3-16)13-29(26)27/h2-7,9-10H,8,11-13,22H2,1H3,(H,26,27)(H,23,24,25)/p-1. The summed E-state index contributed by atoms with van der Waals surface area (Å²) in [6, 6.07) is 15.3. The number of aromatic nitrogens is 1. The Bertz CT molecular complexity index is 999. The number of rotatable bonds is 8. The molecule has 1 atom stereocenters. The van der Waals surface area contributed by atoms with Crippen LogP contribution >= 0.6 is 11.3 Å². The molecule has 0 aliphatic carbocycles. The summed E-state index contributed by atoms with van der Waals surface area (Å²) in [5, 5.41) is 3.37. The number of anilines is 2. The molecular formula is C21H22N3O3S2-. The van der Waals surface area contributed by atoms with Crippen molar-refractivity contribution in [3.05, 3.63) is 75.8 Å². The summed E-state index contributed by atoms with van der Waals surface area (Å²) in [6.45, 7) is 1.47. The molecule has 1 aromatic heterocycles. The third-order valence-corrected chi connectivity index (χ3v) is 5.95. The summed E-state index contributed by atoms with van der Waals surface area (Å²) < 4.78 is 21.7. The molecule has 3 N–H and O–H groups in total. The van der Waals surface area contributed by atoms with Gasteiger partial charge in [-0.05, 0) is 41.7 Å². The van der Waals surface area contributed by atoms with Crippen molar-refractivity contribution in [1.29, 1.82) is 0 Å². The highest BCUT2D eigenvalue weighted by Crippen LogP contribution is 2.27. The van der Waals surface area contributed by atoms with Gasteiger partial charge in [-0.25, -0.2) is 4.98 Å². The average Bonchev–Trinajstić information content (AvgIpc) is 3.03. The fourth-order valence-corrected chi connectivity index (χ4v) is 4.50. The van der Waals surface area contributed by atoms with E-state index in [1.807, 2.05) is 48.5 Å². The number of amides is 1. The van der Waals surface area contributed by atoms with Crippen LogP contribution in [0.3, 0.4) is 0 Å². The molecular weight excluding hydrogens is 406 g/mol. The van der Waals surface area contributed by atoms with Crippen molar-refractivity contribution in [3.8, 4) is 0 Å². The van der Waals surface area contributed by atoms with Crippen molar-refractivity contribution in [1.82, 2.24) is 4.98 Å². The van der Waals surface area contributed by atoms with Gasteiger partial charge in [0.15, 0.2) is 5.13 Å². The summed E-state index contributed by atoms with van der Waals surface area (Å²) in [4.78, 5) is 17.1. The lowest BCUT2D eigenvalue weighted by molar-refractivity contribution is -0.114. The van der Waals surface area contributed by atoms with E-state index in [1.165, 1.54) is 23.8 Å². The highest BCUT2D eigenvalue weighted by atomic mass is 32.2. The Kier molecular flexibility index (Phi) is 7.13. The van der Waals surface area contributed by atoms with E-state index in [9.17, 15) is 13.6 Å². The molecule has 0 aliphatic heterocycles. The Morgan fingerprint density at radius 3 is 2.31 bits per heavy atom. The van der Waals surface area contributed by atoms with E-state index in [-0.39, 0.29) is 11.7 Å². The van der Waals surface area contributed by atoms with E-state index in [4.69, 9.17) is 5.73 Å². The maximum Gasteiger partial charge on any atom is 0.223 e. The average molecular weight is 429 g/mol. The van der Waals surface area contributed by atoms with Crippen LogP contribution in [0.5, 0.6) is 0 Å². The summed E-state index contributed by atoms with van der Waals surface area (Å²) in [7, 11) is 0. The van der Waals surface area contributed by atoms with Gasteiger partial charge in [-0.1, -0.05) is 47.5 Å². The van der Waals surface area contributed by atoms with E-state index in [0.29, 0.717) is 11.6 Å².